The van der Waals surface area contributed by atoms with Crippen LogP contribution in [0.25, 0.3) is 0 Å². The Kier molecular flexibility index (Phi) is 3.72. The molecule has 0 spiro atoms. The summed E-state index contributed by atoms with van der Waals surface area (Å²) in [7, 11) is 0. The van der Waals surface area contributed by atoms with Crippen molar-refractivity contribution in [2.75, 3.05) is 0 Å². The van der Waals surface area contributed by atoms with Gasteiger partial charge in [-0.15, -0.1) is 0 Å². The highest BCUT2D eigenvalue weighted by atomic mass is 19.3. The number of hydrogen-bond donors (Lipinski definition) is 0. The van der Waals surface area contributed by atoms with Crippen molar-refractivity contribution in [1.82, 2.24) is 0 Å². The largest absolute Gasteiger partial charge is 0.300 e. The van der Waals surface area contributed by atoms with Gasteiger partial charge in [-0.3, -0.25) is 4.79 Å². The van der Waals surface area contributed by atoms with Crippen LogP contribution in [0.15, 0.2) is 0 Å². The quantitative estimate of drug-likeness (QED) is 0.584. The van der Waals surface area contributed by atoms with E-state index in [9.17, 15) is 13.6 Å². The van der Waals surface area contributed by atoms with Crippen LogP contribution in [0.3, 0.4) is 0 Å². The van der Waals surface area contributed by atoms with Crippen molar-refractivity contribution < 1.29 is 13.6 Å². The summed E-state index contributed by atoms with van der Waals surface area (Å²) in [5.41, 5.74) is 0.109. The lowest BCUT2D eigenvalue weighted by Gasteiger charge is -2.60. The van der Waals surface area contributed by atoms with E-state index in [0.717, 1.165) is 51.9 Å². The minimum atomic E-state index is -2.55. The molecule has 3 heteroatoms. The van der Waals surface area contributed by atoms with Crippen molar-refractivity contribution in [3.8, 4) is 0 Å². The summed E-state index contributed by atoms with van der Waals surface area (Å²) in [6, 6.07) is 0. The Balaban J connectivity index is 1.62. The van der Waals surface area contributed by atoms with Gasteiger partial charge in [-0.2, -0.15) is 0 Å². The standard InChI is InChI=1S/C21H32F2O/c1-19-10-8-14(24)12-13(19)4-5-15-16-6-7-18(21(3,22)23)20(16,2)11-9-17(15)19/h13,15-18H,4-12H2,1-3H3/t13-,15-,16+,17-,18+,19-,20-/m0/s1. The Morgan fingerprint density at radius 1 is 0.958 bits per heavy atom. The molecule has 4 saturated carbocycles. The second-order valence-electron chi connectivity index (χ2n) is 10.0. The number of rotatable bonds is 1. The topological polar surface area (TPSA) is 17.1 Å². The number of halogens is 2. The summed E-state index contributed by atoms with van der Waals surface area (Å²) in [4.78, 5) is 11.9. The van der Waals surface area contributed by atoms with Crippen LogP contribution < -0.4 is 0 Å². The average Bonchev–Trinajstić information content (AvgIpc) is 2.85. The molecule has 0 amide bonds. The highest BCUT2D eigenvalue weighted by Gasteiger charge is 2.63. The highest BCUT2D eigenvalue weighted by molar-refractivity contribution is 5.79. The van der Waals surface area contributed by atoms with Crippen molar-refractivity contribution in [3.05, 3.63) is 0 Å². The molecule has 0 N–H and O–H groups in total. The van der Waals surface area contributed by atoms with E-state index in [0.29, 0.717) is 35.9 Å². The Labute approximate surface area is 145 Å². The first-order valence-corrected chi connectivity index (χ1v) is 10.1. The van der Waals surface area contributed by atoms with Crippen LogP contribution in [0.4, 0.5) is 8.78 Å². The third-order valence-corrected chi connectivity index (χ3v) is 9.09. The molecule has 0 aromatic heterocycles. The second kappa shape index (κ2) is 5.27. The van der Waals surface area contributed by atoms with Crippen LogP contribution in [-0.4, -0.2) is 11.7 Å². The molecular weight excluding hydrogens is 306 g/mol. The van der Waals surface area contributed by atoms with Gasteiger partial charge in [-0.1, -0.05) is 13.8 Å². The average molecular weight is 338 g/mol. The number of carbonyl (C=O) groups excluding carboxylic acids is 1. The molecule has 0 radical (unpaired) electrons. The predicted molar refractivity (Wildman–Crippen MR) is 90.8 cm³/mol. The van der Waals surface area contributed by atoms with Gasteiger partial charge in [0.2, 0.25) is 5.92 Å². The number of hydrogen-bond acceptors (Lipinski definition) is 1. The number of carbonyl (C=O) groups is 1. The molecule has 24 heavy (non-hydrogen) atoms. The Morgan fingerprint density at radius 3 is 2.38 bits per heavy atom. The summed E-state index contributed by atoms with van der Waals surface area (Å²) in [5.74, 6) is -0.235. The van der Waals surface area contributed by atoms with Gasteiger partial charge in [0.05, 0.1) is 0 Å². The third-order valence-electron chi connectivity index (χ3n) is 9.09. The molecule has 0 aromatic carbocycles. The lowest BCUT2D eigenvalue weighted by atomic mass is 9.44. The molecule has 136 valence electrons. The summed E-state index contributed by atoms with van der Waals surface area (Å²) in [5, 5.41) is 0. The van der Waals surface area contributed by atoms with Crippen molar-refractivity contribution in [2.24, 2.45) is 40.4 Å². The van der Waals surface area contributed by atoms with Gasteiger partial charge >= 0.3 is 0 Å². The molecule has 0 unspecified atom stereocenters. The molecule has 4 aliphatic carbocycles. The predicted octanol–water partition coefficient (Wildman–Crippen LogP) is 5.87. The summed E-state index contributed by atoms with van der Waals surface area (Å²) < 4.78 is 28.4. The van der Waals surface area contributed by atoms with E-state index in [1.165, 1.54) is 6.42 Å². The normalized spacial score (nSPS) is 51.7. The Hall–Kier alpha value is -0.470. The fraction of sp³-hybridized carbons (Fsp3) is 0.952. The van der Waals surface area contributed by atoms with Gasteiger partial charge < -0.3 is 0 Å². The molecular formula is C21H32F2O. The molecule has 4 fully saturated rings. The maximum atomic E-state index is 14.2. The molecule has 0 bridgehead atoms. The fourth-order valence-electron chi connectivity index (χ4n) is 7.88. The highest BCUT2D eigenvalue weighted by Crippen LogP contribution is 2.68. The minimum absolute atomic E-state index is 0.174. The zero-order chi connectivity index (χ0) is 17.3. The number of ketones is 1. The number of Topliss-reactive ketones (excluding diaryl/α,β-unsaturated/α-hetero) is 1. The first kappa shape index (κ1) is 17.0. The Morgan fingerprint density at radius 2 is 1.67 bits per heavy atom. The molecule has 4 rings (SSSR count). The number of alkyl halides is 2. The molecule has 0 aliphatic heterocycles. The zero-order valence-corrected chi connectivity index (χ0v) is 15.4. The molecule has 0 aromatic rings. The summed E-state index contributed by atoms with van der Waals surface area (Å²) in [6.45, 7) is 5.73. The van der Waals surface area contributed by atoms with Crippen LogP contribution in [-0.2, 0) is 4.79 Å². The van der Waals surface area contributed by atoms with Crippen molar-refractivity contribution >= 4 is 5.78 Å². The fourth-order valence-corrected chi connectivity index (χ4v) is 7.88. The second-order valence-corrected chi connectivity index (χ2v) is 10.0. The maximum absolute atomic E-state index is 14.2. The summed E-state index contributed by atoms with van der Waals surface area (Å²) >= 11 is 0. The van der Waals surface area contributed by atoms with Gasteiger partial charge in [0, 0.05) is 18.8 Å². The van der Waals surface area contributed by atoms with Crippen molar-refractivity contribution in [3.63, 3.8) is 0 Å². The van der Waals surface area contributed by atoms with Crippen LogP contribution in [0.1, 0.15) is 78.6 Å². The monoisotopic (exact) mass is 338 g/mol. The Bertz CT molecular complexity index is 538. The zero-order valence-electron chi connectivity index (χ0n) is 15.4. The maximum Gasteiger partial charge on any atom is 0.248 e. The SMILES string of the molecule is CC(F)(F)[C@@H]1CC[C@@H]2[C@@H]3CC[C@H]4CC(=O)CC[C@]4(C)[C@H]3CC[C@@]21C. The van der Waals surface area contributed by atoms with Gasteiger partial charge in [-0.05, 0) is 86.4 Å². The van der Waals surface area contributed by atoms with Crippen LogP contribution >= 0.6 is 0 Å². The van der Waals surface area contributed by atoms with Crippen LogP contribution in [0, 0.1) is 40.4 Å². The van der Waals surface area contributed by atoms with Crippen LogP contribution in [0.2, 0.25) is 0 Å². The number of fused-ring (bicyclic) bond motifs is 5. The van der Waals surface area contributed by atoms with Gasteiger partial charge in [0.15, 0.2) is 0 Å². The first-order chi connectivity index (χ1) is 11.2. The van der Waals surface area contributed by atoms with Crippen molar-refractivity contribution in [2.45, 2.75) is 84.5 Å². The molecule has 0 heterocycles. The lowest BCUT2D eigenvalue weighted by Crippen LogP contribution is -2.54. The van der Waals surface area contributed by atoms with E-state index in [1.54, 1.807) is 0 Å². The van der Waals surface area contributed by atoms with E-state index in [-0.39, 0.29) is 10.8 Å². The minimum Gasteiger partial charge on any atom is -0.300 e. The summed E-state index contributed by atoms with van der Waals surface area (Å²) in [6.07, 6.45) is 8.62. The molecule has 0 saturated heterocycles. The lowest BCUT2D eigenvalue weighted by molar-refractivity contribution is -0.152. The van der Waals surface area contributed by atoms with Gasteiger partial charge in [0.25, 0.3) is 0 Å². The van der Waals surface area contributed by atoms with E-state index in [1.807, 2.05) is 0 Å². The third kappa shape index (κ3) is 2.25. The smallest absolute Gasteiger partial charge is 0.248 e. The van der Waals surface area contributed by atoms with Gasteiger partial charge in [0.1, 0.15) is 5.78 Å². The van der Waals surface area contributed by atoms with Gasteiger partial charge in [-0.25, -0.2) is 8.78 Å². The molecule has 4 aliphatic rings. The first-order valence-electron chi connectivity index (χ1n) is 10.1. The van der Waals surface area contributed by atoms with Crippen molar-refractivity contribution in [1.29, 1.82) is 0 Å². The van der Waals surface area contributed by atoms with Crippen LogP contribution in [0.5, 0.6) is 0 Å². The van der Waals surface area contributed by atoms with E-state index >= 15 is 0 Å². The molecule has 7 atom stereocenters. The van der Waals surface area contributed by atoms with E-state index in [2.05, 4.69) is 13.8 Å². The van der Waals surface area contributed by atoms with E-state index in [4.69, 9.17) is 0 Å². The van der Waals surface area contributed by atoms with E-state index < -0.39 is 11.8 Å². The molecule has 1 nitrogen and oxygen atoms in total.